The van der Waals surface area contributed by atoms with Gasteiger partial charge in [-0.2, -0.15) is 13.2 Å². The Morgan fingerprint density at radius 2 is 2.05 bits per heavy atom. The van der Waals surface area contributed by atoms with Crippen LogP contribution in [0.5, 0.6) is 0 Å². The summed E-state index contributed by atoms with van der Waals surface area (Å²) in [5.41, 5.74) is 5.92. The number of anilines is 1. The molecule has 2 N–H and O–H groups in total. The number of nitrogens with zero attached hydrogens (tertiary/aromatic N) is 2. The molecule has 0 bridgehead atoms. The molecule has 1 aromatic rings. The third-order valence-electron chi connectivity index (χ3n) is 4.55. The molecule has 0 amide bonds. The summed E-state index contributed by atoms with van der Waals surface area (Å²) >= 11 is 0. The summed E-state index contributed by atoms with van der Waals surface area (Å²) in [6.07, 6.45) is 0.129. The third-order valence-corrected chi connectivity index (χ3v) is 4.55. The van der Waals surface area contributed by atoms with E-state index in [0.717, 1.165) is 38.4 Å². The highest BCUT2D eigenvalue weighted by atomic mass is 19.4. The molecule has 1 aliphatic heterocycles. The molecule has 1 saturated carbocycles. The zero-order valence-electron chi connectivity index (χ0n) is 11.1. The quantitative estimate of drug-likeness (QED) is 0.862. The van der Waals surface area contributed by atoms with Gasteiger partial charge in [-0.1, -0.05) is 6.42 Å². The molecule has 3 unspecified atom stereocenters. The number of aromatic nitrogens is 1. The number of rotatable bonds is 1. The van der Waals surface area contributed by atoms with Gasteiger partial charge in [0.2, 0.25) is 0 Å². The summed E-state index contributed by atoms with van der Waals surface area (Å²) in [6.45, 7) is 1.56. The Kier molecular flexibility index (Phi) is 3.36. The van der Waals surface area contributed by atoms with E-state index in [9.17, 15) is 13.2 Å². The van der Waals surface area contributed by atoms with Crippen LogP contribution in [0.3, 0.4) is 0 Å². The fourth-order valence-electron chi connectivity index (χ4n) is 3.50. The van der Waals surface area contributed by atoms with E-state index >= 15 is 0 Å². The Morgan fingerprint density at radius 3 is 2.75 bits per heavy atom. The predicted molar refractivity (Wildman–Crippen MR) is 70.3 cm³/mol. The fourth-order valence-corrected chi connectivity index (χ4v) is 3.50. The largest absolute Gasteiger partial charge is 0.433 e. The van der Waals surface area contributed by atoms with E-state index in [1.165, 1.54) is 6.20 Å². The lowest BCUT2D eigenvalue weighted by molar-refractivity contribution is -0.141. The molecule has 1 aromatic heterocycles. The standard InChI is InChI=1S/C14H18F3N3/c15-14(16,17)13-6-10(4-5-19-13)20-7-9-2-1-3-12(18)11(9)8-20/h4-6,9,11-12H,1-3,7-8,18H2. The Bertz CT molecular complexity index is 489. The number of alkyl halides is 3. The lowest BCUT2D eigenvalue weighted by Crippen LogP contribution is -2.38. The van der Waals surface area contributed by atoms with Crippen molar-refractivity contribution in [3.8, 4) is 0 Å². The maximum atomic E-state index is 12.7. The van der Waals surface area contributed by atoms with Gasteiger partial charge in [0.15, 0.2) is 0 Å². The zero-order valence-corrected chi connectivity index (χ0v) is 11.1. The summed E-state index contributed by atoms with van der Waals surface area (Å²) in [5.74, 6) is 0.924. The molecule has 2 aliphatic rings. The van der Waals surface area contributed by atoms with E-state index in [0.29, 0.717) is 17.5 Å². The first-order valence-corrected chi connectivity index (χ1v) is 6.99. The molecular formula is C14H18F3N3. The number of hydrogen-bond donors (Lipinski definition) is 1. The topological polar surface area (TPSA) is 42.1 Å². The maximum Gasteiger partial charge on any atom is 0.433 e. The average molecular weight is 285 g/mol. The minimum atomic E-state index is -4.39. The van der Waals surface area contributed by atoms with E-state index in [-0.39, 0.29) is 6.04 Å². The van der Waals surface area contributed by atoms with E-state index in [4.69, 9.17) is 5.73 Å². The van der Waals surface area contributed by atoms with Gasteiger partial charge in [0.1, 0.15) is 5.69 Å². The molecule has 1 saturated heterocycles. The SMILES string of the molecule is NC1CCCC2CN(c3ccnc(C(F)(F)F)c3)CC12. The lowest BCUT2D eigenvalue weighted by atomic mass is 9.78. The number of hydrogen-bond acceptors (Lipinski definition) is 3. The monoisotopic (exact) mass is 285 g/mol. The van der Waals surface area contributed by atoms with Crippen molar-refractivity contribution in [2.45, 2.75) is 31.5 Å². The van der Waals surface area contributed by atoms with Gasteiger partial charge < -0.3 is 10.6 Å². The molecule has 0 aromatic carbocycles. The molecule has 2 fully saturated rings. The van der Waals surface area contributed by atoms with Crippen molar-refractivity contribution in [2.24, 2.45) is 17.6 Å². The van der Waals surface area contributed by atoms with Gasteiger partial charge in [0, 0.05) is 31.0 Å². The first-order chi connectivity index (χ1) is 9.45. The molecule has 3 atom stereocenters. The second-order valence-electron chi connectivity index (χ2n) is 5.82. The van der Waals surface area contributed by atoms with Crippen LogP contribution in [0.15, 0.2) is 18.3 Å². The highest BCUT2D eigenvalue weighted by molar-refractivity contribution is 5.48. The minimum Gasteiger partial charge on any atom is -0.371 e. The maximum absolute atomic E-state index is 12.7. The van der Waals surface area contributed by atoms with Gasteiger partial charge >= 0.3 is 6.18 Å². The first kappa shape index (κ1) is 13.7. The van der Waals surface area contributed by atoms with Crippen LogP contribution in [0.25, 0.3) is 0 Å². The summed E-state index contributed by atoms with van der Waals surface area (Å²) in [5, 5.41) is 0. The fraction of sp³-hybridized carbons (Fsp3) is 0.643. The van der Waals surface area contributed by atoms with Gasteiger partial charge in [-0.15, -0.1) is 0 Å². The summed E-state index contributed by atoms with van der Waals surface area (Å²) in [6, 6.07) is 2.98. The van der Waals surface area contributed by atoms with Crippen molar-refractivity contribution in [3.63, 3.8) is 0 Å². The molecule has 1 aliphatic carbocycles. The van der Waals surface area contributed by atoms with Crippen molar-refractivity contribution < 1.29 is 13.2 Å². The van der Waals surface area contributed by atoms with Gasteiger partial charge in [0.25, 0.3) is 0 Å². The van der Waals surface area contributed by atoms with Gasteiger partial charge in [-0.05, 0) is 36.8 Å². The highest BCUT2D eigenvalue weighted by Crippen LogP contribution is 2.38. The lowest BCUT2D eigenvalue weighted by Gasteiger charge is -2.29. The van der Waals surface area contributed by atoms with Crippen molar-refractivity contribution in [1.29, 1.82) is 0 Å². The van der Waals surface area contributed by atoms with Crippen molar-refractivity contribution >= 4 is 5.69 Å². The van der Waals surface area contributed by atoms with E-state index in [1.54, 1.807) is 6.07 Å². The molecule has 2 heterocycles. The third kappa shape index (κ3) is 2.49. The molecule has 3 nitrogen and oxygen atoms in total. The van der Waals surface area contributed by atoms with Crippen molar-refractivity contribution in [1.82, 2.24) is 4.98 Å². The molecule has 0 spiro atoms. The number of halogens is 3. The summed E-state index contributed by atoms with van der Waals surface area (Å²) in [4.78, 5) is 5.44. The van der Waals surface area contributed by atoms with Crippen LogP contribution in [0.4, 0.5) is 18.9 Å². The first-order valence-electron chi connectivity index (χ1n) is 6.99. The van der Waals surface area contributed by atoms with Crippen LogP contribution < -0.4 is 10.6 Å². The Morgan fingerprint density at radius 1 is 1.25 bits per heavy atom. The molecule has 6 heteroatoms. The van der Waals surface area contributed by atoms with Crippen LogP contribution in [0.1, 0.15) is 25.0 Å². The van der Waals surface area contributed by atoms with Crippen LogP contribution >= 0.6 is 0 Å². The number of fused-ring (bicyclic) bond motifs is 1. The predicted octanol–water partition coefficient (Wildman–Crippen LogP) is 2.66. The molecule has 20 heavy (non-hydrogen) atoms. The smallest absolute Gasteiger partial charge is 0.371 e. The Labute approximate surface area is 116 Å². The second kappa shape index (κ2) is 4.91. The van der Waals surface area contributed by atoms with Crippen LogP contribution in [0, 0.1) is 11.8 Å². The summed E-state index contributed by atoms with van der Waals surface area (Å²) < 4.78 is 38.1. The van der Waals surface area contributed by atoms with Gasteiger partial charge in [0.05, 0.1) is 0 Å². The minimum absolute atomic E-state index is 0.183. The van der Waals surface area contributed by atoms with E-state index in [2.05, 4.69) is 4.98 Å². The zero-order chi connectivity index (χ0) is 14.3. The molecule has 3 rings (SSSR count). The summed E-state index contributed by atoms with van der Waals surface area (Å²) in [7, 11) is 0. The highest BCUT2D eigenvalue weighted by Gasteiger charge is 2.39. The average Bonchev–Trinajstić information content (AvgIpc) is 2.83. The molecule has 0 radical (unpaired) electrons. The van der Waals surface area contributed by atoms with Crippen LogP contribution in [-0.2, 0) is 6.18 Å². The normalized spacial score (nSPS) is 30.4. The second-order valence-corrected chi connectivity index (χ2v) is 5.82. The Balaban J connectivity index is 1.81. The van der Waals surface area contributed by atoms with Crippen LogP contribution in [0.2, 0.25) is 0 Å². The van der Waals surface area contributed by atoms with Gasteiger partial charge in [-0.25, -0.2) is 0 Å². The van der Waals surface area contributed by atoms with Gasteiger partial charge in [-0.3, -0.25) is 4.98 Å². The number of nitrogens with two attached hydrogens (primary N) is 1. The number of pyridine rings is 1. The van der Waals surface area contributed by atoms with Crippen molar-refractivity contribution in [2.75, 3.05) is 18.0 Å². The van der Waals surface area contributed by atoms with Crippen molar-refractivity contribution in [3.05, 3.63) is 24.0 Å². The molecular weight excluding hydrogens is 267 g/mol. The Hall–Kier alpha value is -1.30. The molecule has 110 valence electrons. The van der Waals surface area contributed by atoms with E-state index in [1.807, 2.05) is 4.90 Å². The van der Waals surface area contributed by atoms with Crippen LogP contribution in [-0.4, -0.2) is 24.1 Å². The van der Waals surface area contributed by atoms with E-state index < -0.39 is 11.9 Å².